The minimum absolute atomic E-state index is 0.0159. The van der Waals surface area contributed by atoms with Gasteiger partial charge in [-0.1, -0.05) is 13.8 Å². The average molecular weight is 292 g/mol. The minimum Gasteiger partial charge on any atom is -0.444 e. The van der Waals surface area contributed by atoms with Gasteiger partial charge in [0, 0.05) is 17.8 Å². The molecular weight excluding hydrogens is 268 g/mol. The van der Waals surface area contributed by atoms with Crippen LogP contribution in [0, 0.1) is 5.92 Å². The van der Waals surface area contributed by atoms with Gasteiger partial charge in [0.15, 0.2) is 0 Å². The molecule has 0 aliphatic carbocycles. The molecule has 0 spiro atoms. The molecule has 1 aromatic carbocycles. The highest BCUT2D eigenvalue weighted by molar-refractivity contribution is 5.91. The standard InChI is InChI=1S/C16H24N2O3/c1-11(2)10-14(19)17-12-6-8-13(9-7-12)18-15(20)21-16(3,4)5/h6-9,11H,10H2,1-5H3,(H,17,19)(H,18,20). The van der Waals surface area contributed by atoms with Crippen LogP contribution in [0.4, 0.5) is 16.2 Å². The van der Waals surface area contributed by atoms with Gasteiger partial charge in [0.05, 0.1) is 0 Å². The summed E-state index contributed by atoms with van der Waals surface area (Å²) in [4.78, 5) is 23.3. The fourth-order valence-electron chi connectivity index (χ4n) is 1.64. The lowest BCUT2D eigenvalue weighted by atomic mass is 10.1. The summed E-state index contributed by atoms with van der Waals surface area (Å²) >= 11 is 0. The Morgan fingerprint density at radius 2 is 1.52 bits per heavy atom. The van der Waals surface area contributed by atoms with Crippen LogP contribution in [0.5, 0.6) is 0 Å². The van der Waals surface area contributed by atoms with Gasteiger partial charge in [0.2, 0.25) is 5.91 Å². The number of rotatable bonds is 4. The smallest absolute Gasteiger partial charge is 0.412 e. The molecule has 0 heterocycles. The summed E-state index contributed by atoms with van der Waals surface area (Å²) in [6.07, 6.45) is -0.0168. The van der Waals surface area contributed by atoms with E-state index in [0.717, 1.165) is 0 Å². The molecule has 5 heteroatoms. The van der Waals surface area contributed by atoms with Crippen molar-refractivity contribution in [2.45, 2.75) is 46.6 Å². The third-order valence-corrected chi connectivity index (χ3v) is 2.41. The van der Waals surface area contributed by atoms with Crippen LogP contribution in [0.1, 0.15) is 41.0 Å². The van der Waals surface area contributed by atoms with Gasteiger partial charge in [0.25, 0.3) is 0 Å². The molecule has 0 radical (unpaired) electrons. The Kier molecular flexibility index (Phi) is 5.76. The number of anilines is 2. The average Bonchev–Trinajstić information content (AvgIpc) is 2.27. The number of benzene rings is 1. The van der Waals surface area contributed by atoms with Gasteiger partial charge in [0.1, 0.15) is 5.60 Å². The number of hydrogen-bond acceptors (Lipinski definition) is 3. The number of hydrogen-bond donors (Lipinski definition) is 2. The van der Waals surface area contributed by atoms with Gasteiger partial charge in [-0.05, 0) is 51.0 Å². The highest BCUT2D eigenvalue weighted by Crippen LogP contribution is 2.16. The minimum atomic E-state index is -0.533. The molecule has 2 amide bonds. The second-order valence-electron chi connectivity index (χ2n) is 6.35. The van der Waals surface area contributed by atoms with Crippen LogP contribution in [0.15, 0.2) is 24.3 Å². The molecule has 0 fully saturated rings. The highest BCUT2D eigenvalue weighted by atomic mass is 16.6. The van der Waals surface area contributed by atoms with Crippen LogP contribution in [-0.2, 0) is 9.53 Å². The van der Waals surface area contributed by atoms with Crippen LogP contribution in [0.25, 0.3) is 0 Å². The number of amides is 2. The zero-order valence-electron chi connectivity index (χ0n) is 13.3. The van der Waals surface area contributed by atoms with E-state index >= 15 is 0 Å². The molecule has 0 saturated heterocycles. The SMILES string of the molecule is CC(C)CC(=O)Nc1ccc(NC(=O)OC(C)(C)C)cc1. The maximum absolute atomic E-state index is 11.6. The van der Waals surface area contributed by atoms with E-state index in [9.17, 15) is 9.59 Å². The van der Waals surface area contributed by atoms with Crippen molar-refractivity contribution in [1.29, 1.82) is 0 Å². The van der Waals surface area contributed by atoms with E-state index in [1.54, 1.807) is 45.0 Å². The van der Waals surface area contributed by atoms with E-state index in [1.807, 2.05) is 13.8 Å². The summed E-state index contributed by atoms with van der Waals surface area (Å²) in [5, 5.41) is 5.45. The second kappa shape index (κ2) is 7.11. The predicted octanol–water partition coefficient (Wildman–Crippen LogP) is 4.02. The zero-order chi connectivity index (χ0) is 16.0. The first-order chi connectivity index (χ1) is 9.65. The van der Waals surface area contributed by atoms with Crippen molar-refractivity contribution in [2.24, 2.45) is 5.92 Å². The van der Waals surface area contributed by atoms with E-state index in [1.165, 1.54) is 0 Å². The van der Waals surface area contributed by atoms with Gasteiger partial charge in [-0.3, -0.25) is 10.1 Å². The molecule has 0 aliphatic heterocycles. The molecule has 0 aliphatic rings. The van der Waals surface area contributed by atoms with Crippen molar-refractivity contribution in [2.75, 3.05) is 10.6 Å². The summed E-state index contributed by atoms with van der Waals surface area (Å²) in [6.45, 7) is 9.40. The van der Waals surface area contributed by atoms with Crippen LogP contribution in [0.2, 0.25) is 0 Å². The number of ether oxygens (including phenoxy) is 1. The fraction of sp³-hybridized carbons (Fsp3) is 0.500. The lowest BCUT2D eigenvalue weighted by molar-refractivity contribution is -0.116. The first-order valence-electron chi connectivity index (χ1n) is 7.05. The fourth-order valence-corrected chi connectivity index (χ4v) is 1.64. The van der Waals surface area contributed by atoms with Crippen molar-refractivity contribution in [3.05, 3.63) is 24.3 Å². The lowest BCUT2D eigenvalue weighted by Crippen LogP contribution is -2.27. The summed E-state index contributed by atoms with van der Waals surface area (Å²) in [7, 11) is 0. The summed E-state index contributed by atoms with van der Waals surface area (Å²) < 4.78 is 5.16. The first-order valence-corrected chi connectivity index (χ1v) is 7.05. The molecule has 0 saturated carbocycles. The number of nitrogens with one attached hydrogen (secondary N) is 2. The van der Waals surface area contributed by atoms with Crippen molar-refractivity contribution in [3.8, 4) is 0 Å². The molecule has 1 aromatic rings. The van der Waals surface area contributed by atoms with Gasteiger partial charge in [-0.2, -0.15) is 0 Å². The van der Waals surface area contributed by atoms with Gasteiger partial charge >= 0.3 is 6.09 Å². The lowest BCUT2D eigenvalue weighted by Gasteiger charge is -2.19. The van der Waals surface area contributed by atoms with Crippen LogP contribution in [0.3, 0.4) is 0 Å². The highest BCUT2D eigenvalue weighted by Gasteiger charge is 2.16. The molecule has 116 valence electrons. The Morgan fingerprint density at radius 1 is 1.05 bits per heavy atom. The third kappa shape index (κ3) is 7.34. The van der Waals surface area contributed by atoms with Gasteiger partial charge in [-0.15, -0.1) is 0 Å². The van der Waals surface area contributed by atoms with E-state index < -0.39 is 11.7 Å². The van der Waals surface area contributed by atoms with Crippen molar-refractivity contribution >= 4 is 23.4 Å². The topological polar surface area (TPSA) is 67.4 Å². The summed E-state index contributed by atoms with van der Waals surface area (Å²) in [5.41, 5.74) is 0.788. The number of carbonyl (C=O) groups excluding carboxylic acids is 2. The van der Waals surface area contributed by atoms with Crippen molar-refractivity contribution < 1.29 is 14.3 Å². The van der Waals surface area contributed by atoms with E-state index in [0.29, 0.717) is 23.7 Å². The molecule has 0 unspecified atom stereocenters. The second-order valence-corrected chi connectivity index (χ2v) is 6.35. The normalized spacial score (nSPS) is 11.1. The first kappa shape index (κ1) is 17.0. The Labute approximate surface area is 126 Å². The zero-order valence-corrected chi connectivity index (χ0v) is 13.3. The Bertz CT molecular complexity index is 487. The molecule has 1 rings (SSSR count). The van der Waals surface area contributed by atoms with Crippen molar-refractivity contribution in [3.63, 3.8) is 0 Å². The van der Waals surface area contributed by atoms with Gasteiger partial charge < -0.3 is 10.1 Å². The van der Waals surface area contributed by atoms with Crippen LogP contribution >= 0.6 is 0 Å². The van der Waals surface area contributed by atoms with Crippen LogP contribution < -0.4 is 10.6 Å². The number of carbonyl (C=O) groups is 2. The molecule has 0 aromatic heterocycles. The molecular formula is C16H24N2O3. The summed E-state index contributed by atoms with van der Waals surface area (Å²) in [5.74, 6) is 0.302. The Balaban J connectivity index is 2.54. The van der Waals surface area contributed by atoms with Crippen LogP contribution in [-0.4, -0.2) is 17.6 Å². The van der Waals surface area contributed by atoms with E-state index in [4.69, 9.17) is 4.74 Å². The quantitative estimate of drug-likeness (QED) is 0.880. The Hall–Kier alpha value is -2.04. The Morgan fingerprint density at radius 3 is 1.95 bits per heavy atom. The maximum Gasteiger partial charge on any atom is 0.412 e. The third-order valence-electron chi connectivity index (χ3n) is 2.41. The summed E-state index contributed by atoms with van der Waals surface area (Å²) in [6, 6.07) is 6.92. The predicted molar refractivity (Wildman–Crippen MR) is 84.4 cm³/mol. The molecule has 21 heavy (non-hydrogen) atoms. The molecule has 5 nitrogen and oxygen atoms in total. The molecule has 0 atom stereocenters. The molecule has 2 N–H and O–H groups in total. The molecule has 0 bridgehead atoms. The maximum atomic E-state index is 11.6. The van der Waals surface area contributed by atoms with E-state index in [2.05, 4.69) is 10.6 Å². The van der Waals surface area contributed by atoms with E-state index in [-0.39, 0.29) is 5.91 Å². The monoisotopic (exact) mass is 292 g/mol. The van der Waals surface area contributed by atoms with Crippen molar-refractivity contribution in [1.82, 2.24) is 0 Å². The van der Waals surface area contributed by atoms with Gasteiger partial charge in [-0.25, -0.2) is 4.79 Å². The largest absolute Gasteiger partial charge is 0.444 e.